The van der Waals surface area contributed by atoms with Crippen molar-refractivity contribution in [1.82, 2.24) is 0 Å². The van der Waals surface area contributed by atoms with Gasteiger partial charge in [-0.25, -0.2) is 4.99 Å². The molecule has 0 spiro atoms. The van der Waals surface area contributed by atoms with Gasteiger partial charge in [-0.15, -0.1) is 11.3 Å². The number of amidine groups is 1. The van der Waals surface area contributed by atoms with E-state index in [2.05, 4.69) is 23.4 Å². The molecule has 1 aliphatic heterocycles. The Morgan fingerprint density at radius 2 is 2.05 bits per heavy atom. The minimum absolute atomic E-state index is 0.184. The van der Waals surface area contributed by atoms with E-state index in [9.17, 15) is 5.11 Å². The predicted molar refractivity (Wildman–Crippen MR) is 92.3 cm³/mol. The van der Waals surface area contributed by atoms with Crippen LogP contribution in [0.2, 0.25) is 5.02 Å². The van der Waals surface area contributed by atoms with Crippen molar-refractivity contribution in [2.75, 3.05) is 0 Å². The molecule has 3 N–H and O–H groups in total. The fourth-order valence-electron chi connectivity index (χ4n) is 3.00. The van der Waals surface area contributed by atoms with Gasteiger partial charge in [0.05, 0.1) is 5.69 Å². The third-order valence-electron chi connectivity index (χ3n) is 4.14. The number of nitrogens with two attached hydrogens (primary N) is 1. The number of thiophene rings is 1. The molecule has 5 heteroatoms. The molecule has 22 heavy (non-hydrogen) atoms. The number of aliphatic imine (C=N–C) groups is 1. The van der Waals surface area contributed by atoms with E-state index in [0.717, 1.165) is 15.6 Å². The summed E-state index contributed by atoms with van der Waals surface area (Å²) in [5.74, 6) is 0.184. The SMILES string of the molecule is Cc1csc2c(C3(O)C(N)=Nc4ccc(Cl)cc43)cccc12. The van der Waals surface area contributed by atoms with E-state index in [1.165, 1.54) is 5.56 Å². The van der Waals surface area contributed by atoms with Gasteiger partial charge in [0.25, 0.3) is 0 Å². The second-order valence-corrected chi connectivity index (χ2v) is 6.79. The van der Waals surface area contributed by atoms with Gasteiger partial charge >= 0.3 is 0 Å². The molecular formula is C17H13ClN2OS. The molecule has 3 nitrogen and oxygen atoms in total. The van der Waals surface area contributed by atoms with Crippen LogP contribution in [0.25, 0.3) is 10.1 Å². The maximum absolute atomic E-state index is 11.4. The van der Waals surface area contributed by atoms with Gasteiger partial charge in [-0.2, -0.15) is 0 Å². The Morgan fingerprint density at radius 1 is 1.23 bits per heavy atom. The van der Waals surface area contributed by atoms with Crippen LogP contribution < -0.4 is 5.73 Å². The maximum Gasteiger partial charge on any atom is 0.176 e. The number of hydrogen-bond acceptors (Lipinski definition) is 4. The topological polar surface area (TPSA) is 58.6 Å². The molecule has 0 saturated carbocycles. The van der Waals surface area contributed by atoms with Crippen LogP contribution in [0.4, 0.5) is 5.69 Å². The van der Waals surface area contributed by atoms with Gasteiger partial charge in [0.15, 0.2) is 5.60 Å². The first kappa shape index (κ1) is 13.8. The van der Waals surface area contributed by atoms with E-state index in [0.29, 0.717) is 16.3 Å². The molecule has 0 amide bonds. The maximum atomic E-state index is 11.4. The molecule has 0 radical (unpaired) electrons. The van der Waals surface area contributed by atoms with Crippen molar-refractivity contribution in [1.29, 1.82) is 0 Å². The Kier molecular flexibility index (Phi) is 2.85. The predicted octanol–water partition coefficient (Wildman–Crippen LogP) is 4.10. The zero-order valence-electron chi connectivity index (χ0n) is 11.8. The van der Waals surface area contributed by atoms with Gasteiger partial charge in [0.2, 0.25) is 0 Å². The molecule has 0 aliphatic carbocycles. The number of rotatable bonds is 1. The van der Waals surface area contributed by atoms with Crippen molar-refractivity contribution >= 4 is 44.5 Å². The third kappa shape index (κ3) is 1.69. The first-order valence-corrected chi connectivity index (χ1v) is 8.12. The van der Waals surface area contributed by atoms with Crippen LogP contribution >= 0.6 is 22.9 Å². The van der Waals surface area contributed by atoms with E-state index < -0.39 is 5.60 Å². The van der Waals surface area contributed by atoms with Crippen molar-refractivity contribution in [3.63, 3.8) is 0 Å². The zero-order valence-corrected chi connectivity index (χ0v) is 13.4. The molecule has 1 aromatic heterocycles. The number of fused-ring (bicyclic) bond motifs is 2. The number of nitrogens with zero attached hydrogens (tertiary/aromatic N) is 1. The van der Waals surface area contributed by atoms with Crippen molar-refractivity contribution in [3.05, 3.63) is 63.5 Å². The summed E-state index contributed by atoms with van der Waals surface area (Å²) in [5, 5.41) is 15.2. The van der Waals surface area contributed by atoms with Crippen LogP contribution in [0, 0.1) is 6.92 Å². The lowest BCUT2D eigenvalue weighted by atomic mass is 9.85. The smallest absolute Gasteiger partial charge is 0.176 e. The first-order chi connectivity index (χ1) is 10.5. The summed E-state index contributed by atoms with van der Waals surface area (Å²) >= 11 is 7.71. The molecule has 1 unspecified atom stereocenters. The van der Waals surface area contributed by atoms with Crippen molar-refractivity contribution in [3.8, 4) is 0 Å². The van der Waals surface area contributed by atoms with Crippen LogP contribution in [0.1, 0.15) is 16.7 Å². The molecule has 4 rings (SSSR count). The summed E-state index contributed by atoms with van der Waals surface area (Å²) in [6, 6.07) is 11.2. The number of halogens is 1. The van der Waals surface area contributed by atoms with Gasteiger partial charge in [0, 0.05) is 20.8 Å². The van der Waals surface area contributed by atoms with Crippen LogP contribution in [0.5, 0.6) is 0 Å². The Hall–Kier alpha value is -1.88. The Labute approximate surface area is 136 Å². The largest absolute Gasteiger partial charge is 0.384 e. The fraction of sp³-hybridized carbons (Fsp3) is 0.118. The highest BCUT2D eigenvalue weighted by molar-refractivity contribution is 7.17. The Bertz CT molecular complexity index is 947. The molecule has 1 aliphatic rings. The minimum Gasteiger partial charge on any atom is -0.384 e. The average Bonchev–Trinajstić information content (AvgIpc) is 3.00. The highest BCUT2D eigenvalue weighted by Gasteiger charge is 2.43. The summed E-state index contributed by atoms with van der Waals surface area (Å²) in [6.07, 6.45) is 0. The number of aryl methyl sites for hydroxylation is 1. The normalized spacial score (nSPS) is 20.2. The lowest BCUT2D eigenvalue weighted by Gasteiger charge is -2.25. The molecule has 0 bridgehead atoms. The van der Waals surface area contributed by atoms with Gasteiger partial charge < -0.3 is 10.8 Å². The van der Waals surface area contributed by atoms with Crippen LogP contribution in [0.15, 0.2) is 46.8 Å². The van der Waals surface area contributed by atoms with E-state index in [1.54, 1.807) is 29.5 Å². The number of aliphatic hydroxyl groups is 1. The molecule has 0 fully saturated rings. The van der Waals surface area contributed by atoms with Crippen molar-refractivity contribution in [2.24, 2.45) is 10.7 Å². The Morgan fingerprint density at radius 3 is 2.86 bits per heavy atom. The van der Waals surface area contributed by atoms with E-state index in [4.69, 9.17) is 17.3 Å². The van der Waals surface area contributed by atoms with Crippen molar-refractivity contribution < 1.29 is 5.11 Å². The van der Waals surface area contributed by atoms with E-state index in [1.807, 2.05) is 12.1 Å². The second-order valence-electron chi connectivity index (χ2n) is 5.47. The quantitative estimate of drug-likeness (QED) is 0.706. The molecular weight excluding hydrogens is 316 g/mol. The lowest BCUT2D eigenvalue weighted by molar-refractivity contribution is 0.160. The van der Waals surface area contributed by atoms with Crippen LogP contribution in [-0.4, -0.2) is 10.9 Å². The fourth-order valence-corrected chi connectivity index (χ4v) is 4.29. The highest BCUT2D eigenvalue weighted by Crippen LogP contribution is 2.46. The number of hydrogen-bond donors (Lipinski definition) is 2. The number of benzene rings is 2. The average molecular weight is 329 g/mol. The van der Waals surface area contributed by atoms with Crippen LogP contribution in [-0.2, 0) is 5.60 Å². The zero-order chi connectivity index (χ0) is 15.5. The standard InChI is InChI=1S/C17H13ClN2OS/c1-9-8-22-15-11(9)3-2-4-12(15)17(21)13-7-10(18)5-6-14(13)20-16(17)19/h2-8,21H,1H3,(H2,19,20). The summed E-state index contributed by atoms with van der Waals surface area (Å²) < 4.78 is 1.02. The summed E-state index contributed by atoms with van der Waals surface area (Å²) in [4.78, 5) is 4.33. The molecule has 2 aromatic carbocycles. The van der Waals surface area contributed by atoms with Crippen molar-refractivity contribution in [2.45, 2.75) is 12.5 Å². The molecule has 2 heterocycles. The van der Waals surface area contributed by atoms with E-state index in [-0.39, 0.29) is 5.84 Å². The lowest BCUT2D eigenvalue weighted by Crippen LogP contribution is -2.39. The monoisotopic (exact) mass is 328 g/mol. The third-order valence-corrected chi connectivity index (χ3v) is 5.53. The first-order valence-electron chi connectivity index (χ1n) is 6.86. The van der Waals surface area contributed by atoms with Gasteiger partial charge in [-0.1, -0.05) is 29.8 Å². The van der Waals surface area contributed by atoms with Gasteiger partial charge in [-0.3, -0.25) is 0 Å². The highest BCUT2D eigenvalue weighted by atomic mass is 35.5. The van der Waals surface area contributed by atoms with Crippen LogP contribution in [0.3, 0.4) is 0 Å². The summed E-state index contributed by atoms with van der Waals surface area (Å²) in [7, 11) is 0. The van der Waals surface area contributed by atoms with Gasteiger partial charge in [0.1, 0.15) is 5.84 Å². The molecule has 1 atom stereocenters. The van der Waals surface area contributed by atoms with Gasteiger partial charge in [-0.05, 0) is 41.5 Å². The molecule has 0 saturated heterocycles. The Balaban J connectivity index is 2.06. The molecule has 110 valence electrons. The van der Waals surface area contributed by atoms with E-state index >= 15 is 0 Å². The summed E-state index contributed by atoms with van der Waals surface area (Å²) in [5.41, 5.74) is 7.91. The molecule has 3 aromatic rings. The second kappa shape index (κ2) is 4.56. The summed E-state index contributed by atoms with van der Waals surface area (Å²) in [6.45, 7) is 2.06. The minimum atomic E-state index is -1.43.